The minimum Gasteiger partial charge on any atom is -0.493 e. The molecule has 0 bridgehead atoms. The Balaban J connectivity index is 1.74. The van der Waals surface area contributed by atoms with Crippen LogP contribution in [0, 0.1) is 6.92 Å². The molecule has 0 radical (unpaired) electrons. The summed E-state index contributed by atoms with van der Waals surface area (Å²) in [5.41, 5.74) is 1.83. The molecule has 0 unspecified atom stereocenters. The predicted octanol–water partition coefficient (Wildman–Crippen LogP) is 6.22. The Bertz CT molecular complexity index is 1270. The van der Waals surface area contributed by atoms with Gasteiger partial charge < -0.3 is 14.2 Å². The molecule has 1 heterocycles. The fraction of sp³-hybridized carbons (Fsp3) is 0.120. The molecule has 0 aliphatic rings. The van der Waals surface area contributed by atoms with E-state index in [9.17, 15) is 4.79 Å². The van der Waals surface area contributed by atoms with E-state index >= 15 is 0 Å². The van der Waals surface area contributed by atoms with Crippen LogP contribution in [-0.2, 0) is 0 Å². The van der Waals surface area contributed by atoms with Crippen molar-refractivity contribution in [2.45, 2.75) is 16.7 Å². The van der Waals surface area contributed by atoms with Crippen molar-refractivity contribution < 1.29 is 19.0 Å². The molecule has 4 aromatic rings. The van der Waals surface area contributed by atoms with Gasteiger partial charge in [0.2, 0.25) is 5.88 Å². The van der Waals surface area contributed by atoms with E-state index < -0.39 is 5.97 Å². The zero-order valence-electron chi connectivity index (χ0n) is 18.2. The summed E-state index contributed by atoms with van der Waals surface area (Å²) in [6, 6.07) is 21.8. The number of rotatable bonds is 7. The Labute approximate surface area is 201 Å². The Morgan fingerprint density at radius 2 is 1.64 bits per heavy atom. The Kier molecular flexibility index (Phi) is 6.91. The second-order valence-electron chi connectivity index (χ2n) is 6.98. The molecular formula is C25H21ClN2O4S. The zero-order chi connectivity index (χ0) is 23.4. The monoisotopic (exact) mass is 480 g/mol. The molecule has 33 heavy (non-hydrogen) atoms. The number of benzene rings is 3. The van der Waals surface area contributed by atoms with Gasteiger partial charge >= 0.3 is 5.97 Å². The highest BCUT2D eigenvalue weighted by atomic mass is 35.5. The second kappa shape index (κ2) is 10.0. The lowest BCUT2D eigenvalue weighted by molar-refractivity contribution is 0.0718. The van der Waals surface area contributed by atoms with Gasteiger partial charge in [-0.15, -0.1) is 0 Å². The first-order chi connectivity index (χ1) is 16.0. The van der Waals surface area contributed by atoms with E-state index in [0.717, 1.165) is 21.2 Å². The number of methoxy groups -OCH3 is 2. The highest BCUT2D eigenvalue weighted by molar-refractivity contribution is 7.99. The first kappa shape index (κ1) is 22.8. The van der Waals surface area contributed by atoms with E-state index in [-0.39, 0.29) is 0 Å². The van der Waals surface area contributed by atoms with Crippen LogP contribution in [0.4, 0.5) is 0 Å². The third-order valence-corrected chi connectivity index (χ3v) is 6.24. The topological polar surface area (TPSA) is 62.6 Å². The number of aryl methyl sites for hydroxylation is 1. The van der Waals surface area contributed by atoms with Gasteiger partial charge in [-0.25, -0.2) is 4.79 Å². The van der Waals surface area contributed by atoms with Gasteiger partial charge in [-0.3, -0.25) is 0 Å². The Hall–Kier alpha value is -3.42. The van der Waals surface area contributed by atoms with Crippen LogP contribution >= 0.6 is 23.4 Å². The number of esters is 1. The highest BCUT2D eigenvalue weighted by Gasteiger charge is 2.23. The Morgan fingerprint density at radius 3 is 2.30 bits per heavy atom. The van der Waals surface area contributed by atoms with Crippen molar-refractivity contribution >= 4 is 29.3 Å². The van der Waals surface area contributed by atoms with Gasteiger partial charge in [0.15, 0.2) is 11.5 Å². The summed E-state index contributed by atoms with van der Waals surface area (Å²) in [5, 5.41) is 5.30. The molecule has 0 amide bonds. The van der Waals surface area contributed by atoms with Crippen LogP contribution in [0.5, 0.6) is 17.4 Å². The fourth-order valence-corrected chi connectivity index (χ4v) is 4.21. The van der Waals surface area contributed by atoms with Crippen molar-refractivity contribution in [1.29, 1.82) is 0 Å². The van der Waals surface area contributed by atoms with Crippen molar-refractivity contribution in [2.75, 3.05) is 14.2 Å². The molecule has 0 atom stereocenters. The van der Waals surface area contributed by atoms with E-state index in [4.69, 9.17) is 25.8 Å². The first-order valence-corrected chi connectivity index (χ1v) is 11.2. The number of para-hydroxylation sites is 1. The van der Waals surface area contributed by atoms with E-state index in [2.05, 4.69) is 5.10 Å². The quantitative estimate of drug-likeness (QED) is 0.292. The maximum absolute atomic E-state index is 13.1. The molecule has 6 nitrogen and oxygen atoms in total. The van der Waals surface area contributed by atoms with Crippen molar-refractivity contribution in [3.05, 3.63) is 89.1 Å². The normalized spacial score (nSPS) is 10.7. The van der Waals surface area contributed by atoms with Crippen LogP contribution in [0.3, 0.4) is 0 Å². The summed E-state index contributed by atoms with van der Waals surface area (Å²) in [6.07, 6.45) is 0. The Morgan fingerprint density at radius 1 is 0.939 bits per heavy atom. The third-order valence-electron chi connectivity index (χ3n) is 4.81. The maximum Gasteiger partial charge on any atom is 0.345 e. The highest BCUT2D eigenvalue weighted by Crippen LogP contribution is 2.40. The number of carbonyl (C=O) groups is 1. The molecule has 168 valence electrons. The average Bonchev–Trinajstić information content (AvgIpc) is 3.15. The minimum absolute atomic E-state index is 0.327. The first-order valence-electron chi connectivity index (χ1n) is 10.0. The van der Waals surface area contributed by atoms with Gasteiger partial charge in [-0.2, -0.15) is 9.78 Å². The SMILES string of the molecule is COc1ccc(C(=O)Oc2c(Sc3ccc(Cl)cc3)c(C)nn2-c2ccccc2)cc1OC. The molecule has 4 rings (SSSR count). The number of ether oxygens (including phenoxy) is 3. The van der Waals surface area contributed by atoms with E-state index in [0.29, 0.717) is 28.0 Å². The van der Waals surface area contributed by atoms with Gasteiger partial charge in [0.25, 0.3) is 0 Å². The number of aromatic nitrogens is 2. The smallest absolute Gasteiger partial charge is 0.345 e. The van der Waals surface area contributed by atoms with Crippen molar-refractivity contribution in [2.24, 2.45) is 0 Å². The molecule has 0 saturated carbocycles. The molecule has 0 N–H and O–H groups in total. The molecule has 8 heteroatoms. The standard InChI is InChI=1S/C25H21ClN2O4S/c1-16-23(33-20-12-10-18(26)11-13-20)24(28(27-16)19-7-5-4-6-8-19)32-25(29)17-9-14-21(30-2)22(15-17)31-3/h4-15H,1-3H3. The van der Waals surface area contributed by atoms with Crippen LogP contribution in [0.15, 0.2) is 82.6 Å². The summed E-state index contributed by atoms with van der Waals surface area (Å²) in [4.78, 5) is 14.8. The van der Waals surface area contributed by atoms with Gasteiger partial charge in [-0.05, 0) is 61.5 Å². The maximum atomic E-state index is 13.1. The summed E-state index contributed by atoms with van der Waals surface area (Å²) in [5.74, 6) is 0.762. The molecular weight excluding hydrogens is 460 g/mol. The second-order valence-corrected chi connectivity index (χ2v) is 8.50. The lowest BCUT2D eigenvalue weighted by Crippen LogP contribution is -2.12. The number of hydrogen-bond donors (Lipinski definition) is 0. The number of halogens is 1. The lowest BCUT2D eigenvalue weighted by Gasteiger charge is -2.12. The molecule has 0 fully saturated rings. The molecule has 0 spiro atoms. The van der Waals surface area contributed by atoms with Crippen LogP contribution < -0.4 is 14.2 Å². The van der Waals surface area contributed by atoms with Crippen LogP contribution in [0.2, 0.25) is 5.02 Å². The van der Waals surface area contributed by atoms with Crippen LogP contribution in [0.25, 0.3) is 5.69 Å². The largest absolute Gasteiger partial charge is 0.493 e. The molecule has 0 aliphatic carbocycles. The molecule has 3 aromatic carbocycles. The van der Waals surface area contributed by atoms with Crippen LogP contribution in [-0.4, -0.2) is 30.0 Å². The van der Waals surface area contributed by atoms with Crippen molar-refractivity contribution in [1.82, 2.24) is 9.78 Å². The van der Waals surface area contributed by atoms with E-state index in [1.54, 1.807) is 22.9 Å². The van der Waals surface area contributed by atoms with Gasteiger partial charge in [0.05, 0.1) is 36.1 Å². The van der Waals surface area contributed by atoms with E-state index in [1.165, 1.54) is 26.0 Å². The fourth-order valence-electron chi connectivity index (χ4n) is 3.17. The third kappa shape index (κ3) is 4.99. The zero-order valence-corrected chi connectivity index (χ0v) is 19.8. The predicted molar refractivity (Wildman–Crippen MR) is 128 cm³/mol. The number of hydrogen-bond acceptors (Lipinski definition) is 6. The minimum atomic E-state index is -0.536. The van der Waals surface area contributed by atoms with Gasteiger partial charge in [-0.1, -0.05) is 41.6 Å². The van der Waals surface area contributed by atoms with Gasteiger partial charge in [0, 0.05) is 9.92 Å². The van der Waals surface area contributed by atoms with Crippen molar-refractivity contribution in [3.8, 4) is 23.1 Å². The number of carbonyl (C=O) groups excluding carboxylic acids is 1. The molecule has 0 saturated heterocycles. The van der Waals surface area contributed by atoms with E-state index in [1.807, 2.05) is 61.5 Å². The number of nitrogens with zero attached hydrogens (tertiary/aromatic N) is 2. The summed E-state index contributed by atoms with van der Waals surface area (Å²) in [7, 11) is 3.05. The molecule has 1 aromatic heterocycles. The van der Waals surface area contributed by atoms with Crippen molar-refractivity contribution in [3.63, 3.8) is 0 Å². The molecule has 0 aliphatic heterocycles. The summed E-state index contributed by atoms with van der Waals surface area (Å²) in [6.45, 7) is 1.88. The van der Waals surface area contributed by atoms with Gasteiger partial charge in [0.1, 0.15) is 0 Å². The van der Waals surface area contributed by atoms with Crippen LogP contribution in [0.1, 0.15) is 16.1 Å². The average molecular weight is 481 g/mol. The lowest BCUT2D eigenvalue weighted by atomic mass is 10.2. The summed E-state index contributed by atoms with van der Waals surface area (Å²) < 4.78 is 18.1. The summed E-state index contributed by atoms with van der Waals surface area (Å²) >= 11 is 7.48.